The topological polar surface area (TPSA) is 61.4 Å². The number of rotatable bonds is 4. The third-order valence-corrected chi connectivity index (χ3v) is 5.38. The van der Waals surface area contributed by atoms with Crippen LogP contribution in [-0.2, 0) is 6.42 Å². The first-order valence-electron chi connectivity index (χ1n) is 9.55. The highest BCUT2D eigenvalue weighted by molar-refractivity contribution is 5.77. The van der Waals surface area contributed by atoms with Gasteiger partial charge in [-0.15, -0.1) is 0 Å². The van der Waals surface area contributed by atoms with Gasteiger partial charge in [0.2, 0.25) is 0 Å². The van der Waals surface area contributed by atoms with Crippen LogP contribution in [0.3, 0.4) is 0 Å². The zero-order chi connectivity index (χ0) is 19.8. The van der Waals surface area contributed by atoms with E-state index in [9.17, 15) is 4.79 Å². The number of nitrogens with one attached hydrogen (secondary N) is 1. The van der Waals surface area contributed by atoms with Crippen LogP contribution in [0.2, 0.25) is 0 Å². The van der Waals surface area contributed by atoms with E-state index < -0.39 is 0 Å². The Balaban J connectivity index is 1.75. The van der Waals surface area contributed by atoms with E-state index in [-0.39, 0.29) is 5.56 Å². The minimum atomic E-state index is -0.247. The fourth-order valence-corrected chi connectivity index (χ4v) is 3.66. The Hall–Kier alpha value is -3.21. The van der Waals surface area contributed by atoms with Crippen molar-refractivity contribution in [2.24, 2.45) is 4.99 Å². The standard InChI is InChI=1S/C23H24N4O/c1-14-8-5-6-9-18(14)10-7-11-27-20-13-16(3)15(2)12-19(20)26-21-22(27)24-17(4)25-23(21)28/h5-6,8-9,12-13H,4,7,10-11H2,1-3H3,(H,25,28). The van der Waals surface area contributed by atoms with Gasteiger partial charge in [0.1, 0.15) is 5.48 Å². The molecule has 28 heavy (non-hydrogen) atoms. The predicted molar refractivity (Wildman–Crippen MR) is 113 cm³/mol. The molecule has 2 aromatic carbocycles. The smallest absolute Gasteiger partial charge is 0.279 e. The van der Waals surface area contributed by atoms with Crippen LogP contribution < -0.4 is 21.3 Å². The van der Waals surface area contributed by atoms with Crippen LogP contribution in [0, 0.1) is 20.8 Å². The molecule has 2 heterocycles. The molecule has 5 heteroatoms. The minimum absolute atomic E-state index is 0.247. The summed E-state index contributed by atoms with van der Waals surface area (Å²) in [6, 6.07) is 12.6. The van der Waals surface area contributed by atoms with E-state index in [1.54, 1.807) is 0 Å². The lowest BCUT2D eigenvalue weighted by molar-refractivity contribution is 0.781. The summed E-state index contributed by atoms with van der Waals surface area (Å²) in [5.41, 5.74) is 6.93. The second-order valence-corrected chi connectivity index (χ2v) is 7.40. The molecule has 0 bridgehead atoms. The van der Waals surface area contributed by atoms with Crippen molar-refractivity contribution < 1.29 is 0 Å². The molecule has 1 aromatic heterocycles. The molecule has 4 rings (SSSR count). The molecule has 1 N–H and O–H groups in total. The summed E-state index contributed by atoms with van der Waals surface area (Å²) in [6.45, 7) is 10.9. The molecule has 0 radical (unpaired) electrons. The SMILES string of the molecule is C=c1nc2c(c(=O)[nH]1)=Nc1cc(C)c(C)cc1N2CCCc1ccccc1C. The number of hydrogen-bond donors (Lipinski definition) is 1. The second-order valence-electron chi connectivity index (χ2n) is 7.40. The largest absolute Gasteiger partial charge is 0.322 e. The van der Waals surface area contributed by atoms with Gasteiger partial charge in [-0.05, 0) is 68.0 Å². The highest BCUT2D eigenvalue weighted by Crippen LogP contribution is 2.36. The molecule has 0 amide bonds. The number of anilines is 2. The van der Waals surface area contributed by atoms with Gasteiger partial charge in [-0.1, -0.05) is 30.8 Å². The first-order valence-corrected chi connectivity index (χ1v) is 9.55. The number of aryl methyl sites for hydroxylation is 4. The fraction of sp³-hybridized carbons (Fsp3) is 0.261. The maximum Gasteiger partial charge on any atom is 0.279 e. The summed E-state index contributed by atoms with van der Waals surface area (Å²) in [7, 11) is 0. The zero-order valence-electron chi connectivity index (χ0n) is 16.5. The van der Waals surface area contributed by atoms with Crippen LogP contribution >= 0.6 is 0 Å². The lowest BCUT2D eigenvalue weighted by Crippen LogP contribution is -2.42. The molecule has 0 unspecified atom stereocenters. The lowest BCUT2D eigenvalue weighted by Gasteiger charge is -2.28. The normalized spacial score (nSPS) is 12.3. The third kappa shape index (κ3) is 3.24. The molecule has 0 aliphatic carbocycles. The average Bonchev–Trinajstić information content (AvgIpc) is 2.65. The van der Waals surface area contributed by atoms with Gasteiger partial charge < -0.3 is 9.88 Å². The summed E-state index contributed by atoms with van der Waals surface area (Å²) in [4.78, 5) is 26.4. The molecular weight excluding hydrogens is 348 g/mol. The summed E-state index contributed by atoms with van der Waals surface area (Å²) in [5.74, 6) is 0.592. The molecule has 142 valence electrons. The van der Waals surface area contributed by atoms with E-state index in [0.717, 1.165) is 36.3 Å². The molecule has 0 fully saturated rings. The second kappa shape index (κ2) is 7.08. The van der Waals surface area contributed by atoms with Crippen molar-refractivity contribution in [3.8, 4) is 0 Å². The van der Waals surface area contributed by atoms with Crippen LogP contribution in [0.25, 0.3) is 6.58 Å². The molecule has 3 aromatic rings. The van der Waals surface area contributed by atoms with E-state index in [2.05, 4.69) is 77.5 Å². The molecular formula is C23H24N4O. The summed E-state index contributed by atoms with van der Waals surface area (Å²) < 4.78 is 0. The van der Waals surface area contributed by atoms with Crippen molar-refractivity contribution in [1.29, 1.82) is 0 Å². The van der Waals surface area contributed by atoms with Crippen molar-refractivity contribution in [2.75, 3.05) is 11.4 Å². The van der Waals surface area contributed by atoms with Crippen molar-refractivity contribution in [2.45, 2.75) is 33.6 Å². The Bertz CT molecular complexity index is 1230. The highest BCUT2D eigenvalue weighted by Gasteiger charge is 2.23. The molecule has 0 atom stereocenters. The molecule has 0 saturated heterocycles. The Labute approximate surface area is 164 Å². The number of fused-ring (bicyclic) bond motifs is 2. The highest BCUT2D eigenvalue weighted by atomic mass is 16.1. The Morgan fingerprint density at radius 1 is 1.07 bits per heavy atom. The number of nitrogens with zero attached hydrogens (tertiary/aromatic N) is 3. The van der Waals surface area contributed by atoms with E-state index in [4.69, 9.17) is 0 Å². The van der Waals surface area contributed by atoms with Crippen LogP contribution in [0.1, 0.15) is 28.7 Å². The maximum absolute atomic E-state index is 12.5. The summed E-state index contributed by atoms with van der Waals surface area (Å²) in [5, 5.41) is 0.360. The lowest BCUT2D eigenvalue weighted by atomic mass is 10.0. The van der Waals surface area contributed by atoms with Gasteiger partial charge in [0.05, 0.1) is 11.4 Å². The van der Waals surface area contributed by atoms with Gasteiger partial charge >= 0.3 is 0 Å². The van der Waals surface area contributed by atoms with Gasteiger partial charge in [-0.2, -0.15) is 0 Å². The Morgan fingerprint density at radius 2 is 1.82 bits per heavy atom. The molecule has 1 aliphatic heterocycles. The number of aromatic amines is 1. The van der Waals surface area contributed by atoms with Crippen molar-refractivity contribution in [3.63, 3.8) is 0 Å². The zero-order valence-corrected chi connectivity index (χ0v) is 16.5. The molecule has 0 saturated carbocycles. The number of benzene rings is 2. The van der Waals surface area contributed by atoms with Crippen LogP contribution in [0.15, 0.2) is 46.2 Å². The van der Waals surface area contributed by atoms with Crippen LogP contribution in [0.5, 0.6) is 0 Å². The first-order chi connectivity index (χ1) is 13.4. The number of hydrogen-bond acceptors (Lipinski definition) is 4. The van der Waals surface area contributed by atoms with Crippen LogP contribution in [-0.4, -0.2) is 16.5 Å². The van der Waals surface area contributed by atoms with Gasteiger partial charge in [0.15, 0.2) is 11.2 Å². The van der Waals surface area contributed by atoms with Crippen molar-refractivity contribution in [1.82, 2.24) is 9.97 Å². The number of aromatic nitrogens is 2. The van der Waals surface area contributed by atoms with Gasteiger partial charge in [0.25, 0.3) is 5.56 Å². The molecule has 1 aliphatic rings. The minimum Gasteiger partial charge on any atom is -0.322 e. The monoisotopic (exact) mass is 372 g/mol. The Morgan fingerprint density at radius 3 is 2.61 bits per heavy atom. The van der Waals surface area contributed by atoms with E-state index >= 15 is 0 Å². The third-order valence-electron chi connectivity index (χ3n) is 5.38. The van der Waals surface area contributed by atoms with E-state index in [1.807, 2.05) is 6.07 Å². The van der Waals surface area contributed by atoms with Gasteiger partial charge in [-0.3, -0.25) is 4.79 Å². The first kappa shape index (κ1) is 18.2. The van der Waals surface area contributed by atoms with E-state index in [1.165, 1.54) is 16.7 Å². The maximum atomic E-state index is 12.5. The van der Waals surface area contributed by atoms with E-state index in [0.29, 0.717) is 16.7 Å². The quantitative estimate of drug-likeness (QED) is 0.765. The van der Waals surface area contributed by atoms with Crippen molar-refractivity contribution in [3.05, 3.63) is 79.8 Å². The van der Waals surface area contributed by atoms with Gasteiger partial charge in [-0.25, -0.2) is 9.98 Å². The average molecular weight is 372 g/mol. The van der Waals surface area contributed by atoms with Crippen LogP contribution in [0.4, 0.5) is 17.2 Å². The summed E-state index contributed by atoms with van der Waals surface area (Å²) >= 11 is 0. The predicted octanol–water partition coefficient (Wildman–Crippen LogP) is 3.14. The summed E-state index contributed by atoms with van der Waals surface area (Å²) in [6.07, 6.45) is 1.91. The fourth-order valence-electron chi connectivity index (χ4n) is 3.66. The van der Waals surface area contributed by atoms with Crippen molar-refractivity contribution >= 4 is 23.8 Å². The molecule has 0 spiro atoms. The molecule has 5 nitrogen and oxygen atoms in total. The Kier molecular flexibility index (Phi) is 4.59. The van der Waals surface area contributed by atoms with Gasteiger partial charge in [0, 0.05) is 6.54 Å². The number of H-pyrrole nitrogens is 1.